The molecular weight excluding hydrogens is 544 g/mol. The van der Waals surface area contributed by atoms with Gasteiger partial charge in [0.1, 0.15) is 24.4 Å². The first-order valence-electron chi connectivity index (χ1n) is 14.5. The van der Waals surface area contributed by atoms with E-state index in [2.05, 4.69) is 21.7 Å². The minimum atomic E-state index is -0.806. The number of halogens is 1. The van der Waals surface area contributed by atoms with E-state index in [0.717, 1.165) is 44.1 Å². The molecule has 2 aromatic rings. The van der Waals surface area contributed by atoms with Gasteiger partial charge in [-0.05, 0) is 62.4 Å². The molecule has 3 amide bonds. The number of guanidine groups is 1. The predicted octanol–water partition coefficient (Wildman–Crippen LogP) is 3.83. The standard InChI is InChI=1S/C30H41ClN6O4/c1-3-4-11-23(35-28(39)26-14-13-21(41-26)17-34-30(32)33)27(38)36-24-15-18(2)37(29(24)40)25-12-6-5-10-22(25)19-8-7-9-20(31)16-19/h7-9,13-14,16,18,22-25H,3-6,10-12,15,17H2,1-2H3,(H,35,39)(H,36,38)(H4,32,33,34)/t18?,22-,23-,24-,25+/m0/s1. The average molecular weight is 585 g/mol. The topological polar surface area (TPSA) is 156 Å². The Bertz CT molecular complexity index is 1260. The van der Waals surface area contributed by atoms with Crippen molar-refractivity contribution < 1.29 is 18.8 Å². The lowest BCUT2D eigenvalue weighted by Gasteiger charge is -2.40. The third-order valence-electron chi connectivity index (χ3n) is 8.06. The number of rotatable bonds is 11. The zero-order valence-electron chi connectivity index (χ0n) is 23.8. The number of carbonyl (C=O) groups is 3. The Kier molecular flexibility index (Phi) is 10.3. The zero-order valence-corrected chi connectivity index (χ0v) is 24.5. The fourth-order valence-electron chi connectivity index (χ4n) is 6.07. The highest BCUT2D eigenvalue weighted by molar-refractivity contribution is 6.30. The van der Waals surface area contributed by atoms with Crippen molar-refractivity contribution in [3.63, 3.8) is 0 Å². The third kappa shape index (κ3) is 7.61. The van der Waals surface area contributed by atoms with Crippen LogP contribution in [0.15, 0.2) is 45.8 Å². The van der Waals surface area contributed by atoms with Gasteiger partial charge in [0, 0.05) is 23.0 Å². The molecule has 1 aromatic heterocycles. The van der Waals surface area contributed by atoms with Crippen LogP contribution in [0.2, 0.25) is 5.02 Å². The van der Waals surface area contributed by atoms with Crippen molar-refractivity contribution in [2.45, 2.75) is 102 Å². The summed E-state index contributed by atoms with van der Waals surface area (Å²) in [5.41, 5.74) is 11.9. The fourth-order valence-corrected chi connectivity index (χ4v) is 6.27. The number of nitrogens with two attached hydrogens (primary N) is 2. The summed E-state index contributed by atoms with van der Waals surface area (Å²) in [6.07, 6.45) is 6.61. The van der Waals surface area contributed by atoms with Crippen molar-refractivity contribution in [1.82, 2.24) is 15.5 Å². The van der Waals surface area contributed by atoms with Crippen LogP contribution in [0.4, 0.5) is 0 Å². The predicted molar refractivity (Wildman–Crippen MR) is 158 cm³/mol. The van der Waals surface area contributed by atoms with Gasteiger partial charge in [-0.25, -0.2) is 4.99 Å². The number of hydrogen-bond acceptors (Lipinski definition) is 5. The SMILES string of the molecule is CCCC[C@H](NC(=O)c1ccc(CN=C(N)N)o1)C(=O)N[C@H]1CC(C)N([C@@H]2CCCC[C@H]2c2cccc(Cl)c2)C1=O. The summed E-state index contributed by atoms with van der Waals surface area (Å²) < 4.78 is 5.55. The molecule has 6 N–H and O–H groups in total. The first-order valence-corrected chi connectivity index (χ1v) is 14.9. The lowest BCUT2D eigenvalue weighted by atomic mass is 9.79. The molecule has 222 valence electrons. The molecule has 11 heteroatoms. The van der Waals surface area contributed by atoms with Crippen LogP contribution >= 0.6 is 11.6 Å². The number of hydrogen-bond donors (Lipinski definition) is 4. The highest BCUT2D eigenvalue weighted by atomic mass is 35.5. The molecule has 0 radical (unpaired) electrons. The van der Waals surface area contributed by atoms with Crippen LogP contribution in [-0.2, 0) is 16.1 Å². The minimum Gasteiger partial charge on any atom is -0.454 e. The quantitative estimate of drug-likeness (QED) is 0.232. The number of nitrogens with zero attached hydrogens (tertiary/aromatic N) is 2. The molecule has 2 heterocycles. The normalized spacial score (nSPS) is 23.2. The second-order valence-electron chi connectivity index (χ2n) is 11.1. The molecule has 41 heavy (non-hydrogen) atoms. The molecule has 2 fully saturated rings. The number of benzene rings is 1. The van der Waals surface area contributed by atoms with E-state index in [1.165, 1.54) is 6.07 Å². The summed E-state index contributed by atoms with van der Waals surface area (Å²) in [7, 11) is 0. The van der Waals surface area contributed by atoms with Gasteiger partial charge in [0.05, 0.1) is 0 Å². The van der Waals surface area contributed by atoms with Crippen molar-refractivity contribution >= 4 is 35.3 Å². The first kappa shape index (κ1) is 30.4. The molecule has 0 bridgehead atoms. The van der Waals surface area contributed by atoms with E-state index in [0.29, 0.717) is 23.6 Å². The van der Waals surface area contributed by atoms with Crippen LogP contribution in [-0.4, -0.2) is 52.7 Å². The molecule has 1 unspecified atom stereocenters. The van der Waals surface area contributed by atoms with E-state index >= 15 is 0 Å². The van der Waals surface area contributed by atoms with Crippen LogP contribution in [0, 0.1) is 0 Å². The van der Waals surface area contributed by atoms with Crippen LogP contribution in [0.3, 0.4) is 0 Å². The molecule has 1 aromatic carbocycles. The summed E-state index contributed by atoms with van der Waals surface area (Å²) in [6.45, 7) is 4.16. The van der Waals surface area contributed by atoms with Crippen molar-refractivity contribution in [3.05, 3.63) is 58.5 Å². The summed E-state index contributed by atoms with van der Waals surface area (Å²) in [4.78, 5) is 45.9. The van der Waals surface area contributed by atoms with Gasteiger partial charge in [-0.2, -0.15) is 0 Å². The van der Waals surface area contributed by atoms with Crippen LogP contribution in [0.25, 0.3) is 0 Å². The van der Waals surface area contributed by atoms with E-state index in [-0.39, 0.29) is 48.1 Å². The number of amides is 3. The highest BCUT2D eigenvalue weighted by Gasteiger charge is 2.45. The zero-order chi connectivity index (χ0) is 29.5. The van der Waals surface area contributed by atoms with Crippen LogP contribution in [0.5, 0.6) is 0 Å². The first-order chi connectivity index (χ1) is 19.7. The third-order valence-corrected chi connectivity index (χ3v) is 8.29. The fraction of sp³-hybridized carbons (Fsp3) is 0.533. The molecular formula is C30H41ClN6O4. The largest absolute Gasteiger partial charge is 0.454 e. The molecule has 1 aliphatic carbocycles. The molecule has 1 saturated carbocycles. The maximum absolute atomic E-state index is 13.7. The summed E-state index contributed by atoms with van der Waals surface area (Å²) in [5, 5.41) is 6.43. The Morgan fingerprint density at radius 2 is 1.98 bits per heavy atom. The van der Waals surface area contributed by atoms with E-state index < -0.39 is 18.0 Å². The molecule has 5 atom stereocenters. The molecule has 0 spiro atoms. The second kappa shape index (κ2) is 13.9. The Hall–Kier alpha value is -3.53. The Morgan fingerprint density at radius 3 is 2.71 bits per heavy atom. The van der Waals surface area contributed by atoms with Gasteiger partial charge >= 0.3 is 0 Å². The van der Waals surface area contributed by atoms with Crippen molar-refractivity contribution in [2.75, 3.05) is 0 Å². The van der Waals surface area contributed by atoms with Crippen LogP contribution in [0.1, 0.15) is 93.0 Å². The maximum Gasteiger partial charge on any atom is 0.287 e. The summed E-state index contributed by atoms with van der Waals surface area (Å²) >= 11 is 6.30. The molecule has 10 nitrogen and oxygen atoms in total. The number of likely N-dealkylation sites (tertiary alicyclic amines) is 1. The highest BCUT2D eigenvalue weighted by Crippen LogP contribution is 2.40. The van der Waals surface area contributed by atoms with Gasteiger partial charge in [0.2, 0.25) is 11.8 Å². The lowest BCUT2D eigenvalue weighted by molar-refractivity contribution is -0.136. The molecule has 2 aliphatic rings. The number of aliphatic imine (C=N–C) groups is 1. The number of unbranched alkanes of at least 4 members (excludes halogenated alkanes) is 1. The van der Waals surface area contributed by atoms with E-state index in [9.17, 15) is 14.4 Å². The van der Waals surface area contributed by atoms with E-state index in [1.807, 2.05) is 36.9 Å². The lowest BCUT2D eigenvalue weighted by Crippen LogP contribution is -2.52. The summed E-state index contributed by atoms with van der Waals surface area (Å²) in [6, 6.07) is 9.61. The minimum absolute atomic E-state index is 0.0203. The van der Waals surface area contributed by atoms with Crippen molar-refractivity contribution in [3.8, 4) is 0 Å². The maximum atomic E-state index is 13.7. The van der Waals surface area contributed by atoms with Gasteiger partial charge in [0.15, 0.2) is 11.7 Å². The van der Waals surface area contributed by atoms with E-state index in [1.54, 1.807) is 6.07 Å². The monoisotopic (exact) mass is 584 g/mol. The number of nitrogens with one attached hydrogen (secondary N) is 2. The smallest absolute Gasteiger partial charge is 0.287 e. The van der Waals surface area contributed by atoms with Crippen LogP contribution < -0.4 is 22.1 Å². The number of carbonyl (C=O) groups excluding carboxylic acids is 3. The van der Waals surface area contributed by atoms with Gasteiger partial charge in [-0.15, -0.1) is 0 Å². The second-order valence-corrected chi connectivity index (χ2v) is 11.5. The van der Waals surface area contributed by atoms with Crippen molar-refractivity contribution in [2.24, 2.45) is 16.5 Å². The van der Waals surface area contributed by atoms with Gasteiger partial charge in [0.25, 0.3) is 5.91 Å². The Labute approximate surface area is 246 Å². The molecule has 1 saturated heterocycles. The molecule has 1 aliphatic heterocycles. The summed E-state index contributed by atoms with van der Waals surface area (Å²) in [5.74, 6) is -0.367. The Morgan fingerprint density at radius 1 is 1.20 bits per heavy atom. The van der Waals surface area contributed by atoms with Crippen molar-refractivity contribution in [1.29, 1.82) is 0 Å². The molecule has 4 rings (SSSR count). The van der Waals surface area contributed by atoms with Gasteiger partial charge < -0.3 is 31.4 Å². The average Bonchev–Trinajstić information content (AvgIpc) is 3.53. The van der Waals surface area contributed by atoms with E-state index in [4.69, 9.17) is 27.5 Å². The van der Waals surface area contributed by atoms with Gasteiger partial charge in [-0.1, -0.05) is 56.3 Å². The Balaban J connectivity index is 1.43. The van der Waals surface area contributed by atoms with Gasteiger partial charge in [-0.3, -0.25) is 14.4 Å². The number of furan rings is 1.